The zero-order valence-corrected chi connectivity index (χ0v) is 11.0. The fraction of sp³-hybridized carbons (Fsp3) is 0.0833. The predicted molar refractivity (Wildman–Crippen MR) is 69.8 cm³/mol. The van der Waals surface area contributed by atoms with E-state index in [0.717, 1.165) is 10.0 Å². The van der Waals surface area contributed by atoms with Crippen LogP contribution in [0.5, 0.6) is 11.6 Å². The molecular weight excluding hydrogens is 300 g/mol. The van der Waals surface area contributed by atoms with Crippen molar-refractivity contribution in [2.45, 2.75) is 6.92 Å². The molecule has 0 fully saturated rings. The molecule has 0 bridgehead atoms. The van der Waals surface area contributed by atoms with Gasteiger partial charge in [0, 0.05) is 18.3 Å². The largest absolute Gasteiger partial charge is 0.438 e. The quantitative estimate of drug-likeness (QED) is 0.638. The molecule has 0 atom stereocenters. The minimum Gasteiger partial charge on any atom is -0.438 e. The maximum atomic E-state index is 10.5. The third-order valence-electron chi connectivity index (χ3n) is 2.31. The summed E-state index contributed by atoms with van der Waals surface area (Å²) >= 11 is 3.38. The highest BCUT2D eigenvalue weighted by molar-refractivity contribution is 9.10. The van der Waals surface area contributed by atoms with Crippen LogP contribution < -0.4 is 4.74 Å². The van der Waals surface area contributed by atoms with Crippen LogP contribution in [0.1, 0.15) is 5.56 Å². The first-order valence-electron chi connectivity index (χ1n) is 5.11. The second-order valence-corrected chi connectivity index (χ2v) is 4.39. The maximum absolute atomic E-state index is 10.5. The van der Waals surface area contributed by atoms with Gasteiger partial charge in [0.05, 0.1) is 9.40 Å². The van der Waals surface area contributed by atoms with Crippen molar-refractivity contribution in [3.8, 4) is 11.6 Å². The highest BCUT2D eigenvalue weighted by Crippen LogP contribution is 2.30. The van der Waals surface area contributed by atoms with E-state index in [9.17, 15) is 10.1 Å². The Kier molecular flexibility index (Phi) is 3.57. The van der Waals surface area contributed by atoms with Crippen LogP contribution in [0.15, 0.2) is 41.0 Å². The predicted octanol–water partition coefficient (Wildman–Crippen LogP) is 3.85. The molecule has 0 unspecified atom stereocenters. The highest BCUT2D eigenvalue weighted by atomic mass is 79.9. The molecule has 1 heterocycles. The fourth-order valence-corrected chi connectivity index (χ4v) is 1.65. The molecule has 6 heteroatoms. The molecule has 0 aliphatic rings. The number of nitro groups is 1. The first kappa shape index (κ1) is 12.5. The third-order valence-corrected chi connectivity index (χ3v) is 3.28. The van der Waals surface area contributed by atoms with Gasteiger partial charge in [0.15, 0.2) is 0 Å². The molecule has 5 nitrogen and oxygen atoms in total. The number of hydrogen-bond acceptors (Lipinski definition) is 4. The molecule has 0 spiro atoms. The number of aryl methyl sites for hydroxylation is 1. The molecule has 0 aliphatic heterocycles. The summed E-state index contributed by atoms with van der Waals surface area (Å²) in [5, 5.41) is 10.5. The van der Waals surface area contributed by atoms with Gasteiger partial charge in [-0.3, -0.25) is 10.1 Å². The smallest absolute Gasteiger partial charge is 0.269 e. The number of nitro benzene ring substituents is 1. The Labute approximate surface area is 112 Å². The highest BCUT2D eigenvalue weighted by Gasteiger charge is 2.08. The van der Waals surface area contributed by atoms with E-state index in [4.69, 9.17) is 4.74 Å². The van der Waals surface area contributed by atoms with Crippen LogP contribution in [0.3, 0.4) is 0 Å². The summed E-state index contributed by atoms with van der Waals surface area (Å²) in [6, 6.07) is 7.70. The van der Waals surface area contributed by atoms with Gasteiger partial charge in [0.2, 0.25) is 5.88 Å². The van der Waals surface area contributed by atoms with Crippen molar-refractivity contribution < 1.29 is 9.66 Å². The summed E-state index contributed by atoms with van der Waals surface area (Å²) in [6.07, 6.45) is 1.64. The van der Waals surface area contributed by atoms with Crippen molar-refractivity contribution in [2.75, 3.05) is 0 Å². The van der Waals surface area contributed by atoms with Crippen LogP contribution in [0, 0.1) is 17.0 Å². The van der Waals surface area contributed by atoms with Gasteiger partial charge in [-0.15, -0.1) is 0 Å². The van der Waals surface area contributed by atoms with Gasteiger partial charge in [-0.25, -0.2) is 4.98 Å². The van der Waals surface area contributed by atoms with Crippen LogP contribution in [0.25, 0.3) is 0 Å². The number of pyridine rings is 1. The molecule has 0 saturated carbocycles. The Morgan fingerprint density at radius 3 is 2.56 bits per heavy atom. The Bertz CT molecular complexity index is 584. The van der Waals surface area contributed by atoms with Crippen LogP contribution in [0.2, 0.25) is 0 Å². The van der Waals surface area contributed by atoms with Crippen molar-refractivity contribution in [3.63, 3.8) is 0 Å². The molecule has 92 valence electrons. The van der Waals surface area contributed by atoms with E-state index in [1.807, 2.05) is 13.0 Å². The molecule has 0 saturated heterocycles. The lowest BCUT2D eigenvalue weighted by atomic mass is 10.3. The minimum absolute atomic E-state index is 0.0265. The number of halogens is 1. The topological polar surface area (TPSA) is 65.3 Å². The maximum Gasteiger partial charge on any atom is 0.269 e. The van der Waals surface area contributed by atoms with E-state index in [-0.39, 0.29) is 5.69 Å². The Balaban J connectivity index is 2.24. The lowest BCUT2D eigenvalue weighted by molar-refractivity contribution is -0.384. The monoisotopic (exact) mass is 308 g/mol. The average Bonchev–Trinajstić information content (AvgIpc) is 2.36. The fourth-order valence-electron chi connectivity index (χ4n) is 1.33. The van der Waals surface area contributed by atoms with Crippen LogP contribution in [-0.2, 0) is 0 Å². The first-order chi connectivity index (χ1) is 8.58. The van der Waals surface area contributed by atoms with Gasteiger partial charge >= 0.3 is 0 Å². The molecule has 0 radical (unpaired) electrons. The number of benzene rings is 1. The standard InChI is InChI=1S/C12H9BrN2O3/c1-8-6-7-14-12(11(8)13)18-10-4-2-9(3-5-10)15(16)17/h2-7H,1H3. The van der Waals surface area contributed by atoms with Crippen molar-refractivity contribution in [2.24, 2.45) is 0 Å². The molecule has 0 N–H and O–H groups in total. The summed E-state index contributed by atoms with van der Waals surface area (Å²) < 4.78 is 6.31. The molecule has 1 aromatic carbocycles. The van der Waals surface area contributed by atoms with Gasteiger partial charge in [-0.05, 0) is 46.6 Å². The average molecular weight is 309 g/mol. The zero-order valence-electron chi connectivity index (χ0n) is 9.46. The number of hydrogen-bond donors (Lipinski definition) is 0. The van der Waals surface area contributed by atoms with Crippen LogP contribution in [0.4, 0.5) is 5.69 Å². The van der Waals surface area contributed by atoms with Crippen molar-refractivity contribution in [1.29, 1.82) is 0 Å². The SMILES string of the molecule is Cc1ccnc(Oc2ccc([N+](=O)[O-])cc2)c1Br. The van der Waals surface area contributed by atoms with Gasteiger partial charge in [0.25, 0.3) is 5.69 Å². The van der Waals surface area contributed by atoms with Crippen molar-refractivity contribution >= 4 is 21.6 Å². The van der Waals surface area contributed by atoms with Crippen LogP contribution in [-0.4, -0.2) is 9.91 Å². The molecule has 18 heavy (non-hydrogen) atoms. The van der Waals surface area contributed by atoms with Crippen molar-refractivity contribution in [3.05, 3.63) is 56.7 Å². The van der Waals surface area contributed by atoms with E-state index in [1.165, 1.54) is 24.3 Å². The molecule has 2 aromatic rings. The number of non-ortho nitro benzene ring substituents is 1. The molecular formula is C12H9BrN2O3. The van der Waals surface area contributed by atoms with Gasteiger partial charge in [0.1, 0.15) is 5.75 Å². The lowest BCUT2D eigenvalue weighted by Crippen LogP contribution is -1.91. The normalized spacial score (nSPS) is 10.1. The third kappa shape index (κ3) is 2.65. The minimum atomic E-state index is -0.454. The second kappa shape index (κ2) is 5.14. The van der Waals surface area contributed by atoms with Gasteiger partial charge < -0.3 is 4.74 Å². The van der Waals surface area contributed by atoms with E-state index < -0.39 is 4.92 Å². The van der Waals surface area contributed by atoms with Crippen molar-refractivity contribution in [1.82, 2.24) is 4.98 Å². The number of ether oxygens (including phenoxy) is 1. The van der Waals surface area contributed by atoms with E-state index in [0.29, 0.717) is 11.6 Å². The first-order valence-corrected chi connectivity index (χ1v) is 5.90. The molecule has 0 amide bonds. The summed E-state index contributed by atoms with van der Waals surface area (Å²) in [5.74, 6) is 0.934. The van der Waals surface area contributed by atoms with E-state index in [1.54, 1.807) is 6.20 Å². The molecule has 0 aliphatic carbocycles. The summed E-state index contributed by atoms with van der Waals surface area (Å²) in [6.45, 7) is 1.93. The van der Waals surface area contributed by atoms with Gasteiger partial charge in [-0.2, -0.15) is 0 Å². The molecule has 2 rings (SSSR count). The van der Waals surface area contributed by atoms with E-state index in [2.05, 4.69) is 20.9 Å². The summed E-state index contributed by atoms with van der Waals surface area (Å²) in [4.78, 5) is 14.1. The Morgan fingerprint density at radius 2 is 1.94 bits per heavy atom. The summed E-state index contributed by atoms with van der Waals surface area (Å²) in [7, 11) is 0. The molecule has 1 aromatic heterocycles. The van der Waals surface area contributed by atoms with E-state index >= 15 is 0 Å². The van der Waals surface area contributed by atoms with Crippen LogP contribution >= 0.6 is 15.9 Å². The number of aromatic nitrogens is 1. The second-order valence-electron chi connectivity index (χ2n) is 3.60. The van der Waals surface area contributed by atoms with Gasteiger partial charge in [-0.1, -0.05) is 0 Å². The number of nitrogens with zero attached hydrogens (tertiary/aromatic N) is 2. The lowest BCUT2D eigenvalue weighted by Gasteiger charge is -2.07. The zero-order chi connectivity index (χ0) is 13.1. The summed E-state index contributed by atoms with van der Waals surface area (Å²) in [5.41, 5.74) is 1.03. The Morgan fingerprint density at radius 1 is 1.28 bits per heavy atom. The Hall–Kier alpha value is -1.95. The number of rotatable bonds is 3.